The molecule has 0 aromatic heterocycles. The van der Waals surface area contributed by atoms with Crippen LogP contribution in [0.25, 0.3) is 0 Å². The molecule has 0 aromatic rings. The number of hydrogen-bond acceptors (Lipinski definition) is 8. The topological polar surface area (TPSA) is 89.5 Å². The van der Waals surface area contributed by atoms with Crippen molar-refractivity contribution in [2.75, 3.05) is 13.2 Å². The third-order valence-corrected chi connectivity index (χ3v) is 3.97. The highest BCUT2D eigenvalue weighted by atomic mass is 16.8. The Balaban J connectivity index is 1.82. The summed E-state index contributed by atoms with van der Waals surface area (Å²) in [4.78, 5) is 24.4. The zero-order chi connectivity index (χ0) is 17.5. The minimum Gasteiger partial charge on any atom is -0.466 e. The van der Waals surface area contributed by atoms with E-state index < -0.39 is 41.8 Å². The molecule has 3 heterocycles. The second kappa shape index (κ2) is 6.02. The van der Waals surface area contributed by atoms with Gasteiger partial charge < -0.3 is 28.4 Å². The van der Waals surface area contributed by atoms with E-state index in [1.54, 1.807) is 27.7 Å². The lowest BCUT2D eigenvalue weighted by Gasteiger charge is -2.26. The van der Waals surface area contributed by atoms with E-state index >= 15 is 0 Å². The molecule has 4 atom stereocenters. The van der Waals surface area contributed by atoms with Gasteiger partial charge in [-0.25, -0.2) is 4.79 Å². The molecule has 8 nitrogen and oxygen atoms in total. The molecule has 8 heteroatoms. The van der Waals surface area contributed by atoms with E-state index in [0.29, 0.717) is 5.76 Å². The molecule has 2 saturated heterocycles. The van der Waals surface area contributed by atoms with Crippen LogP contribution >= 0.6 is 0 Å². The maximum Gasteiger partial charge on any atom is 0.343 e. The molecule has 0 saturated carbocycles. The smallest absolute Gasteiger partial charge is 0.343 e. The maximum absolute atomic E-state index is 12.4. The van der Waals surface area contributed by atoms with Crippen molar-refractivity contribution in [1.29, 1.82) is 0 Å². The van der Waals surface area contributed by atoms with Gasteiger partial charge in [0.15, 0.2) is 17.5 Å². The monoisotopic (exact) mass is 342 g/mol. The molecule has 3 aliphatic heterocycles. The SMILES string of the molecule is CCOC(=O)CC1(C(=O)OCC)C=C2OC3OC(C)(C)OC3C2O1. The van der Waals surface area contributed by atoms with Gasteiger partial charge >= 0.3 is 11.9 Å². The third-order valence-electron chi connectivity index (χ3n) is 3.97. The van der Waals surface area contributed by atoms with E-state index in [-0.39, 0.29) is 19.6 Å². The number of rotatable bonds is 5. The van der Waals surface area contributed by atoms with Crippen molar-refractivity contribution in [3.8, 4) is 0 Å². The van der Waals surface area contributed by atoms with Crippen LogP contribution in [0, 0.1) is 0 Å². The summed E-state index contributed by atoms with van der Waals surface area (Å²) in [5.41, 5.74) is -1.57. The average Bonchev–Trinajstić information content (AvgIpc) is 3.05. The second-order valence-electron chi connectivity index (χ2n) is 6.26. The van der Waals surface area contributed by atoms with E-state index in [1.165, 1.54) is 6.08 Å². The number of esters is 2. The average molecular weight is 342 g/mol. The van der Waals surface area contributed by atoms with Crippen molar-refractivity contribution in [3.63, 3.8) is 0 Å². The van der Waals surface area contributed by atoms with Crippen molar-refractivity contribution in [3.05, 3.63) is 11.8 Å². The van der Waals surface area contributed by atoms with Crippen LogP contribution in [0.5, 0.6) is 0 Å². The molecular weight excluding hydrogens is 320 g/mol. The highest BCUT2D eigenvalue weighted by molar-refractivity contribution is 5.89. The fraction of sp³-hybridized carbons (Fsp3) is 0.750. The Bertz CT molecular complexity index is 568. The van der Waals surface area contributed by atoms with Gasteiger partial charge in [0.1, 0.15) is 11.9 Å². The van der Waals surface area contributed by atoms with E-state index in [2.05, 4.69) is 0 Å². The van der Waals surface area contributed by atoms with E-state index in [9.17, 15) is 9.59 Å². The van der Waals surface area contributed by atoms with E-state index in [1.807, 2.05) is 0 Å². The maximum atomic E-state index is 12.4. The zero-order valence-electron chi connectivity index (χ0n) is 14.2. The molecule has 4 unspecified atom stereocenters. The Labute approximate surface area is 140 Å². The highest BCUT2D eigenvalue weighted by Crippen LogP contribution is 2.47. The van der Waals surface area contributed by atoms with Crippen LogP contribution in [0.1, 0.15) is 34.1 Å². The van der Waals surface area contributed by atoms with Crippen molar-refractivity contribution < 1.29 is 38.0 Å². The molecule has 0 amide bonds. The molecule has 0 N–H and O–H groups in total. The zero-order valence-corrected chi connectivity index (χ0v) is 14.2. The lowest BCUT2D eigenvalue weighted by atomic mass is 10.00. The van der Waals surface area contributed by atoms with Crippen molar-refractivity contribution in [2.24, 2.45) is 0 Å². The molecule has 3 aliphatic rings. The molecule has 0 aromatic carbocycles. The predicted molar refractivity (Wildman–Crippen MR) is 78.5 cm³/mol. The molecule has 3 rings (SSSR count). The van der Waals surface area contributed by atoms with Gasteiger partial charge in [-0.3, -0.25) is 4.79 Å². The van der Waals surface area contributed by atoms with Crippen LogP contribution in [-0.2, 0) is 38.0 Å². The number of ether oxygens (including phenoxy) is 6. The molecule has 0 spiro atoms. The van der Waals surface area contributed by atoms with Crippen LogP contribution < -0.4 is 0 Å². The Morgan fingerprint density at radius 1 is 1.12 bits per heavy atom. The van der Waals surface area contributed by atoms with Crippen molar-refractivity contribution in [2.45, 2.75) is 64.0 Å². The van der Waals surface area contributed by atoms with Crippen LogP contribution in [0.3, 0.4) is 0 Å². The van der Waals surface area contributed by atoms with Gasteiger partial charge in [0, 0.05) is 6.08 Å². The molecular formula is C16H22O8. The summed E-state index contributed by atoms with van der Waals surface area (Å²) in [6.07, 6.45) is -0.547. The van der Waals surface area contributed by atoms with Gasteiger partial charge in [0.2, 0.25) is 6.29 Å². The highest BCUT2D eigenvalue weighted by Gasteiger charge is 2.61. The lowest BCUT2D eigenvalue weighted by Crippen LogP contribution is -2.45. The molecule has 134 valence electrons. The summed E-state index contributed by atoms with van der Waals surface area (Å²) in [7, 11) is 0. The molecule has 0 aliphatic carbocycles. The fourth-order valence-corrected chi connectivity index (χ4v) is 3.10. The van der Waals surface area contributed by atoms with Gasteiger partial charge in [-0.1, -0.05) is 0 Å². The third kappa shape index (κ3) is 2.89. The lowest BCUT2D eigenvalue weighted by molar-refractivity contribution is -0.195. The van der Waals surface area contributed by atoms with Gasteiger partial charge in [0.25, 0.3) is 0 Å². The van der Waals surface area contributed by atoms with Crippen molar-refractivity contribution >= 4 is 11.9 Å². The Morgan fingerprint density at radius 2 is 1.83 bits per heavy atom. The van der Waals surface area contributed by atoms with Crippen LogP contribution in [0.2, 0.25) is 0 Å². The first kappa shape index (κ1) is 17.2. The largest absolute Gasteiger partial charge is 0.466 e. The van der Waals surface area contributed by atoms with E-state index in [0.717, 1.165) is 0 Å². The van der Waals surface area contributed by atoms with Gasteiger partial charge in [-0.15, -0.1) is 0 Å². The van der Waals surface area contributed by atoms with Crippen LogP contribution in [0.15, 0.2) is 11.8 Å². The summed E-state index contributed by atoms with van der Waals surface area (Å²) in [6, 6.07) is 0. The fourth-order valence-electron chi connectivity index (χ4n) is 3.10. The number of hydrogen-bond donors (Lipinski definition) is 0. The molecule has 2 fully saturated rings. The van der Waals surface area contributed by atoms with Crippen LogP contribution in [0.4, 0.5) is 0 Å². The predicted octanol–water partition coefficient (Wildman–Crippen LogP) is 1.03. The first-order valence-corrected chi connectivity index (χ1v) is 8.06. The normalized spacial score (nSPS) is 35.7. The molecule has 0 bridgehead atoms. The standard InChI is InChI=1S/C16H22O8/c1-5-19-10(17)8-16(14(18)20-6-2)7-9-11(23-16)12-13(21-9)24-15(3,4)22-12/h7,11-13H,5-6,8H2,1-4H3. The Morgan fingerprint density at radius 3 is 2.50 bits per heavy atom. The van der Waals surface area contributed by atoms with Gasteiger partial charge in [0.05, 0.1) is 19.6 Å². The summed E-state index contributed by atoms with van der Waals surface area (Å²) >= 11 is 0. The minimum atomic E-state index is -1.57. The quantitative estimate of drug-likeness (QED) is 0.685. The van der Waals surface area contributed by atoms with Crippen molar-refractivity contribution in [1.82, 2.24) is 0 Å². The summed E-state index contributed by atoms with van der Waals surface area (Å²) in [5, 5.41) is 0. The first-order valence-electron chi connectivity index (χ1n) is 8.06. The second-order valence-corrected chi connectivity index (χ2v) is 6.26. The molecule has 0 radical (unpaired) electrons. The summed E-state index contributed by atoms with van der Waals surface area (Å²) < 4.78 is 33.1. The first-order chi connectivity index (χ1) is 11.3. The van der Waals surface area contributed by atoms with E-state index in [4.69, 9.17) is 28.4 Å². The summed E-state index contributed by atoms with van der Waals surface area (Å²) in [5.74, 6) is -1.60. The summed E-state index contributed by atoms with van der Waals surface area (Å²) in [6.45, 7) is 7.29. The molecule has 24 heavy (non-hydrogen) atoms. The van der Waals surface area contributed by atoms with Crippen LogP contribution in [-0.4, -0.2) is 55.0 Å². The number of fused-ring (bicyclic) bond motifs is 3. The minimum absolute atomic E-state index is 0.167. The number of carbonyl (C=O) groups excluding carboxylic acids is 2. The Kier molecular flexibility index (Phi) is 4.31. The van der Waals surface area contributed by atoms with Gasteiger partial charge in [-0.05, 0) is 27.7 Å². The Hall–Kier alpha value is -1.64. The number of carbonyl (C=O) groups is 2. The van der Waals surface area contributed by atoms with Gasteiger partial charge in [-0.2, -0.15) is 0 Å².